The molecule has 1 aromatic heterocycles. The van der Waals surface area contributed by atoms with Crippen molar-refractivity contribution >= 4 is 16.7 Å². The fourth-order valence-electron chi connectivity index (χ4n) is 2.25. The first-order valence-electron chi connectivity index (χ1n) is 7.35. The summed E-state index contributed by atoms with van der Waals surface area (Å²) in [6.45, 7) is 5.00. The zero-order valence-electron chi connectivity index (χ0n) is 12.5. The normalized spacial score (nSPS) is 11.0. The smallest absolute Gasteiger partial charge is 0.272 e. The molecule has 0 fully saturated rings. The van der Waals surface area contributed by atoms with Crippen LogP contribution in [0, 0.1) is 5.92 Å². The molecule has 0 aliphatic heterocycles. The Hall–Kier alpha value is -2.17. The monoisotopic (exact) mass is 287 g/mol. The summed E-state index contributed by atoms with van der Waals surface area (Å²) in [7, 11) is 0. The molecular formula is C16H21N3O2. The maximum Gasteiger partial charge on any atom is 0.272 e. The van der Waals surface area contributed by atoms with E-state index in [-0.39, 0.29) is 17.2 Å². The van der Waals surface area contributed by atoms with Gasteiger partial charge in [-0.25, -0.2) is 5.10 Å². The molecule has 0 spiro atoms. The van der Waals surface area contributed by atoms with Gasteiger partial charge >= 0.3 is 0 Å². The molecule has 0 saturated carbocycles. The first kappa shape index (κ1) is 15.2. The minimum Gasteiger partial charge on any atom is -0.351 e. The second-order valence-electron chi connectivity index (χ2n) is 5.59. The van der Waals surface area contributed by atoms with Crippen LogP contribution in [0.3, 0.4) is 0 Å². The Morgan fingerprint density at radius 1 is 1.24 bits per heavy atom. The number of aromatic amines is 1. The summed E-state index contributed by atoms with van der Waals surface area (Å²) >= 11 is 0. The van der Waals surface area contributed by atoms with E-state index in [0.29, 0.717) is 23.2 Å². The lowest BCUT2D eigenvalue weighted by molar-refractivity contribution is 0.0948. The van der Waals surface area contributed by atoms with Gasteiger partial charge in [0, 0.05) is 11.9 Å². The molecule has 0 aliphatic carbocycles. The van der Waals surface area contributed by atoms with Crippen LogP contribution >= 0.6 is 0 Å². The van der Waals surface area contributed by atoms with Crippen molar-refractivity contribution in [2.24, 2.45) is 5.92 Å². The van der Waals surface area contributed by atoms with Gasteiger partial charge in [-0.15, -0.1) is 0 Å². The summed E-state index contributed by atoms with van der Waals surface area (Å²) < 4.78 is 0. The molecule has 0 aliphatic rings. The molecule has 1 aromatic carbocycles. The number of benzene rings is 1. The first-order valence-corrected chi connectivity index (χ1v) is 7.35. The number of nitrogens with zero attached hydrogens (tertiary/aromatic N) is 1. The van der Waals surface area contributed by atoms with Crippen LogP contribution in [0.15, 0.2) is 29.1 Å². The third-order valence-electron chi connectivity index (χ3n) is 3.40. The highest BCUT2D eigenvalue weighted by Crippen LogP contribution is 2.12. The molecule has 112 valence electrons. The van der Waals surface area contributed by atoms with E-state index in [0.717, 1.165) is 19.3 Å². The highest BCUT2D eigenvalue weighted by atomic mass is 16.2. The minimum absolute atomic E-state index is 0.244. The number of unbranched alkanes of at least 4 members (excludes halogenated alkanes) is 1. The summed E-state index contributed by atoms with van der Waals surface area (Å²) in [6.07, 6.45) is 3.21. The summed E-state index contributed by atoms with van der Waals surface area (Å²) in [5.41, 5.74) is -0.00635. The maximum atomic E-state index is 12.2. The molecule has 0 saturated heterocycles. The molecule has 2 rings (SSSR count). The number of aromatic nitrogens is 2. The van der Waals surface area contributed by atoms with Crippen LogP contribution in [0.4, 0.5) is 0 Å². The Kier molecular flexibility index (Phi) is 5.09. The van der Waals surface area contributed by atoms with Gasteiger partial charge in [0.1, 0.15) is 0 Å². The van der Waals surface area contributed by atoms with Gasteiger partial charge in [0.2, 0.25) is 0 Å². The van der Waals surface area contributed by atoms with E-state index in [2.05, 4.69) is 29.4 Å². The zero-order chi connectivity index (χ0) is 15.2. The first-order chi connectivity index (χ1) is 10.1. The Morgan fingerprint density at radius 3 is 2.67 bits per heavy atom. The van der Waals surface area contributed by atoms with E-state index in [9.17, 15) is 9.59 Å². The molecule has 5 heteroatoms. The van der Waals surface area contributed by atoms with E-state index < -0.39 is 0 Å². The van der Waals surface area contributed by atoms with Gasteiger partial charge in [-0.3, -0.25) is 9.59 Å². The predicted molar refractivity (Wildman–Crippen MR) is 83.4 cm³/mol. The Labute approximate surface area is 123 Å². The van der Waals surface area contributed by atoms with E-state index in [4.69, 9.17) is 0 Å². The number of rotatable bonds is 6. The van der Waals surface area contributed by atoms with Crippen molar-refractivity contribution < 1.29 is 4.79 Å². The SMILES string of the molecule is CC(C)CCCCNC(=O)c1n[nH]c(=O)c2ccccc12. The molecule has 0 bridgehead atoms. The lowest BCUT2D eigenvalue weighted by Gasteiger charge is -2.07. The number of nitrogens with one attached hydrogen (secondary N) is 2. The van der Waals surface area contributed by atoms with Crippen LogP contribution < -0.4 is 10.9 Å². The number of hydrogen-bond acceptors (Lipinski definition) is 3. The molecule has 1 amide bonds. The Balaban J connectivity index is 2.03. The van der Waals surface area contributed by atoms with Crippen LogP contribution in [-0.4, -0.2) is 22.6 Å². The van der Waals surface area contributed by atoms with Gasteiger partial charge in [-0.05, 0) is 18.4 Å². The van der Waals surface area contributed by atoms with Gasteiger partial charge in [0.05, 0.1) is 5.39 Å². The maximum absolute atomic E-state index is 12.2. The quantitative estimate of drug-likeness (QED) is 0.801. The van der Waals surface area contributed by atoms with Crippen LogP contribution in [0.5, 0.6) is 0 Å². The highest BCUT2D eigenvalue weighted by Gasteiger charge is 2.13. The molecule has 0 unspecified atom stereocenters. The van der Waals surface area contributed by atoms with Crippen LogP contribution in [-0.2, 0) is 0 Å². The van der Waals surface area contributed by atoms with Crippen molar-refractivity contribution in [2.75, 3.05) is 6.54 Å². The number of carbonyl (C=O) groups is 1. The van der Waals surface area contributed by atoms with Gasteiger partial charge < -0.3 is 5.32 Å². The molecule has 0 radical (unpaired) electrons. The van der Waals surface area contributed by atoms with E-state index >= 15 is 0 Å². The van der Waals surface area contributed by atoms with E-state index in [1.54, 1.807) is 24.3 Å². The zero-order valence-corrected chi connectivity index (χ0v) is 12.5. The Bertz CT molecular complexity index is 677. The van der Waals surface area contributed by atoms with Crippen LogP contribution in [0.2, 0.25) is 0 Å². The van der Waals surface area contributed by atoms with Gasteiger partial charge in [-0.2, -0.15) is 5.10 Å². The second kappa shape index (κ2) is 7.02. The number of carbonyl (C=O) groups excluding carboxylic acids is 1. The summed E-state index contributed by atoms with van der Waals surface area (Å²) in [5, 5.41) is 10.2. The van der Waals surface area contributed by atoms with Gasteiger partial charge in [0.25, 0.3) is 11.5 Å². The third-order valence-corrected chi connectivity index (χ3v) is 3.40. The summed E-state index contributed by atoms with van der Waals surface area (Å²) in [6, 6.07) is 6.99. The van der Waals surface area contributed by atoms with Crippen molar-refractivity contribution in [1.82, 2.24) is 15.5 Å². The van der Waals surface area contributed by atoms with E-state index in [1.807, 2.05) is 0 Å². The standard InChI is InChI=1S/C16H21N3O2/c1-11(2)7-5-6-10-17-16(21)14-12-8-3-4-9-13(12)15(20)19-18-14/h3-4,8-9,11H,5-7,10H2,1-2H3,(H,17,21)(H,19,20). The van der Waals surface area contributed by atoms with Gasteiger partial charge in [0.15, 0.2) is 5.69 Å². The molecule has 21 heavy (non-hydrogen) atoms. The van der Waals surface area contributed by atoms with Crippen molar-refractivity contribution in [3.8, 4) is 0 Å². The fraction of sp³-hybridized carbons (Fsp3) is 0.438. The van der Waals surface area contributed by atoms with Crippen molar-refractivity contribution in [2.45, 2.75) is 33.1 Å². The average molecular weight is 287 g/mol. The minimum atomic E-state index is -0.279. The molecule has 2 N–H and O–H groups in total. The lowest BCUT2D eigenvalue weighted by atomic mass is 10.1. The van der Waals surface area contributed by atoms with Gasteiger partial charge in [-0.1, -0.05) is 44.9 Å². The lowest BCUT2D eigenvalue weighted by Crippen LogP contribution is -2.27. The van der Waals surface area contributed by atoms with Crippen molar-refractivity contribution in [3.63, 3.8) is 0 Å². The molecule has 0 atom stereocenters. The number of hydrogen-bond donors (Lipinski definition) is 2. The topological polar surface area (TPSA) is 74.8 Å². The number of fused-ring (bicyclic) bond motifs is 1. The van der Waals surface area contributed by atoms with Crippen LogP contribution in [0.25, 0.3) is 10.8 Å². The van der Waals surface area contributed by atoms with Crippen molar-refractivity contribution in [3.05, 3.63) is 40.3 Å². The third kappa shape index (κ3) is 3.90. The fourth-order valence-corrected chi connectivity index (χ4v) is 2.25. The number of amides is 1. The Morgan fingerprint density at radius 2 is 1.95 bits per heavy atom. The molecule has 2 aromatic rings. The largest absolute Gasteiger partial charge is 0.351 e. The number of H-pyrrole nitrogens is 1. The van der Waals surface area contributed by atoms with Crippen LogP contribution in [0.1, 0.15) is 43.6 Å². The average Bonchev–Trinajstić information content (AvgIpc) is 2.47. The van der Waals surface area contributed by atoms with Crippen molar-refractivity contribution in [1.29, 1.82) is 0 Å². The molecule has 5 nitrogen and oxygen atoms in total. The predicted octanol–water partition coefficient (Wildman–Crippen LogP) is 2.48. The highest BCUT2D eigenvalue weighted by molar-refractivity contribution is 6.04. The molecular weight excluding hydrogens is 266 g/mol. The van der Waals surface area contributed by atoms with E-state index in [1.165, 1.54) is 0 Å². The summed E-state index contributed by atoms with van der Waals surface area (Å²) in [5.74, 6) is 0.442. The molecule has 1 heterocycles. The second-order valence-corrected chi connectivity index (χ2v) is 5.59. The summed E-state index contributed by atoms with van der Waals surface area (Å²) in [4.78, 5) is 23.8.